The van der Waals surface area contributed by atoms with Crippen LogP contribution in [-0.2, 0) is 9.84 Å². The van der Waals surface area contributed by atoms with E-state index in [2.05, 4.69) is 0 Å². The summed E-state index contributed by atoms with van der Waals surface area (Å²) in [7, 11) is -2.11. The Bertz CT molecular complexity index is 690. The van der Waals surface area contributed by atoms with Crippen LogP contribution < -0.4 is 0 Å². The van der Waals surface area contributed by atoms with Crippen LogP contribution in [-0.4, -0.2) is 49.7 Å². The van der Waals surface area contributed by atoms with Crippen molar-refractivity contribution >= 4 is 21.4 Å². The van der Waals surface area contributed by atoms with Crippen molar-refractivity contribution in [2.45, 2.75) is 0 Å². The summed E-state index contributed by atoms with van der Waals surface area (Å²) >= 11 is 0. The fourth-order valence-electron chi connectivity index (χ4n) is 1.45. The smallest absolute Gasteiger partial charge is 0.307 e. The van der Waals surface area contributed by atoms with Crippen LogP contribution >= 0.6 is 0 Å². The molecule has 0 spiro atoms. The number of amides is 1. The van der Waals surface area contributed by atoms with Crippen molar-refractivity contribution in [3.05, 3.63) is 39.4 Å². The zero-order valence-corrected chi connectivity index (χ0v) is 12.0. The molecule has 0 aliphatic heterocycles. The van der Waals surface area contributed by atoms with Gasteiger partial charge in [-0.1, -0.05) is 0 Å². The number of hydrogen-bond acceptors (Lipinski definition) is 5. The number of halogens is 2. The summed E-state index contributed by atoms with van der Waals surface area (Å²) in [6, 6.07) is 0.736. The molecule has 0 unspecified atom stereocenters. The summed E-state index contributed by atoms with van der Waals surface area (Å²) in [5.74, 6) is -3.91. The molecule has 0 atom stereocenters. The van der Waals surface area contributed by atoms with Gasteiger partial charge in [-0.05, 0) is 6.07 Å². The Morgan fingerprint density at radius 1 is 1.33 bits per heavy atom. The van der Waals surface area contributed by atoms with E-state index >= 15 is 0 Å². The van der Waals surface area contributed by atoms with E-state index in [1.165, 1.54) is 7.05 Å². The molecular weight excluding hydrogens is 310 g/mol. The molecule has 0 bridgehead atoms. The molecule has 0 aromatic heterocycles. The average molecular weight is 322 g/mol. The highest BCUT2D eigenvalue weighted by molar-refractivity contribution is 7.90. The first kappa shape index (κ1) is 17.0. The van der Waals surface area contributed by atoms with Gasteiger partial charge in [-0.15, -0.1) is 0 Å². The second-order valence-corrected chi connectivity index (χ2v) is 6.66. The van der Waals surface area contributed by atoms with Crippen molar-refractivity contribution in [3.63, 3.8) is 0 Å². The molecule has 1 aromatic rings. The number of nitro groups is 1. The Hall–Kier alpha value is -2.10. The van der Waals surface area contributed by atoms with Crippen LogP contribution in [0.2, 0.25) is 0 Å². The zero-order chi connectivity index (χ0) is 16.4. The third-order valence-corrected chi connectivity index (χ3v) is 3.53. The Labute approximate surface area is 119 Å². The van der Waals surface area contributed by atoms with Gasteiger partial charge < -0.3 is 4.90 Å². The molecule has 0 heterocycles. The molecule has 0 saturated heterocycles. The van der Waals surface area contributed by atoms with Crippen LogP contribution in [0.15, 0.2) is 12.1 Å². The molecule has 0 aliphatic rings. The maximum Gasteiger partial charge on any atom is 0.307 e. The van der Waals surface area contributed by atoms with Gasteiger partial charge in [0.05, 0.1) is 22.3 Å². The van der Waals surface area contributed by atoms with E-state index in [0.29, 0.717) is 12.1 Å². The monoisotopic (exact) mass is 322 g/mol. The number of hydrogen-bond donors (Lipinski definition) is 0. The van der Waals surface area contributed by atoms with E-state index in [9.17, 15) is 32.1 Å². The third-order valence-electron chi connectivity index (χ3n) is 2.61. The van der Waals surface area contributed by atoms with E-state index < -0.39 is 43.6 Å². The predicted molar refractivity (Wildman–Crippen MR) is 69.7 cm³/mol. The summed E-state index contributed by atoms with van der Waals surface area (Å²) in [4.78, 5) is 22.1. The highest BCUT2D eigenvalue weighted by atomic mass is 32.2. The van der Waals surface area contributed by atoms with Crippen molar-refractivity contribution in [2.75, 3.05) is 25.6 Å². The average Bonchev–Trinajstić information content (AvgIpc) is 2.36. The van der Waals surface area contributed by atoms with Crippen LogP contribution in [0.5, 0.6) is 0 Å². The lowest BCUT2D eigenvalue weighted by molar-refractivity contribution is -0.387. The number of carbonyl (C=O) groups is 1. The fourth-order valence-corrected chi connectivity index (χ4v) is 2.06. The first-order valence-electron chi connectivity index (χ1n) is 5.59. The normalized spacial score (nSPS) is 11.2. The maximum atomic E-state index is 13.6. The van der Waals surface area contributed by atoms with Crippen molar-refractivity contribution in [1.29, 1.82) is 0 Å². The fraction of sp³-hybridized carbons (Fsp3) is 0.364. The molecule has 0 fully saturated rings. The molecule has 0 N–H and O–H groups in total. The zero-order valence-electron chi connectivity index (χ0n) is 11.2. The standard InChI is InChI=1S/C11H12F2N2O5S/c1-14(3-4-21(2,19)20)11(16)7-5-9(13)10(15(17)18)6-8(7)12/h5-6H,3-4H2,1-2H3. The van der Waals surface area contributed by atoms with Crippen molar-refractivity contribution < 1.29 is 26.9 Å². The summed E-state index contributed by atoms with van der Waals surface area (Å²) < 4.78 is 49.0. The summed E-state index contributed by atoms with van der Waals surface area (Å²) in [6.45, 7) is -0.213. The van der Waals surface area contributed by atoms with Gasteiger partial charge in [0.1, 0.15) is 15.7 Å². The molecule has 116 valence electrons. The minimum absolute atomic E-state index is 0.213. The maximum absolute atomic E-state index is 13.6. The first-order valence-corrected chi connectivity index (χ1v) is 7.65. The Morgan fingerprint density at radius 3 is 2.38 bits per heavy atom. The van der Waals surface area contributed by atoms with E-state index in [1.807, 2.05) is 0 Å². The van der Waals surface area contributed by atoms with Gasteiger partial charge in [-0.25, -0.2) is 12.8 Å². The van der Waals surface area contributed by atoms with Gasteiger partial charge in [0.2, 0.25) is 5.82 Å². The number of nitro benzene ring substituents is 1. The number of sulfone groups is 1. The molecule has 1 aromatic carbocycles. The van der Waals surface area contributed by atoms with Crippen molar-refractivity contribution in [1.82, 2.24) is 4.90 Å². The lowest BCUT2D eigenvalue weighted by Gasteiger charge is -2.17. The van der Waals surface area contributed by atoms with Crippen LogP contribution in [0, 0.1) is 21.7 Å². The highest BCUT2D eigenvalue weighted by Gasteiger charge is 2.24. The molecule has 1 amide bonds. The van der Waals surface area contributed by atoms with Crippen LogP contribution in [0.3, 0.4) is 0 Å². The van der Waals surface area contributed by atoms with Crippen molar-refractivity contribution in [2.24, 2.45) is 0 Å². The topological polar surface area (TPSA) is 97.6 Å². The van der Waals surface area contributed by atoms with Gasteiger partial charge in [-0.3, -0.25) is 14.9 Å². The van der Waals surface area contributed by atoms with E-state index in [-0.39, 0.29) is 12.3 Å². The quantitative estimate of drug-likeness (QED) is 0.595. The molecule has 21 heavy (non-hydrogen) atoms. The van der Waals surface area contributed by atoms with Gasteiger partial charge in [0.15, 0.2) is 0 Å². The minimum Gasteiger partial charge on any atom is -0.341 e. The van der Waals surface area contributed by atoms with Crippen LogP contribution in [0.4, 0.5) is 14.5 Å². The Kier molecular flexibility index (Phi) is 4.94. The molecule has 7 nitrogen and oxygen atoms in total. The minimum atomic E-state index is -3.32. The molecule has 0 radical (unpaired) electrons. The van der Waals surface area contributed by atoms with E-state index in [1.54, 1.807) is 0 Å². The lowest BCUT2D eigenvalue weighted by atomic mass is 10.1. The number of nitrogens with zero attached hydrogens (tertiary/aromatic N) is 2. The molecule has 0 saturated carbocycles. The number of rotatable bonds is 5. The summed E-state index contributed by atoms with van der Waals surface area (Å²) in [5.41, 5.74) is -1.78. The molecule has 10 heteroatoms. The van der Waals surface area contributed by atoms with E-state index in [0.717, 1.165) is 11.2 Å². The first-order chi connectivity index (χ1) is 9.53. The van der Waals surface area contributed by atoms with Gasteiger partial charge in [0.25, 0.3) is 5.91 Å². The highest BCUT2D eigenvalue weighted by Crippen LogP contribution is 2.22. The molecule has 1 rings (SSSR count). The number of carbonyl (C=O) groups excluding carboxylic acids is 1. The second-order valence-electron chi connectivity index (χ2n) is 4.40. The van der Waals surface area contributed by atoms with Crippen LogP contribution in [0.1, 0.15) is 10.4 Å². The van der Waals surface area contributed by atoms with E-state index in [4.69, 9.17) is 0 Å². The number of benzene rings is 1. The van der Waals surface area contributed by atoms with Crippen LogP contribution in [0.25, 0.3) is 0 Å². The molecular formula is C11H12F2N2O5S. The Balaban J connectivity index is 3.03. The lowest BCUT2D eigenvalue weighted by Crippen LogP contribution is -2.32. The predicted octanol–water partition coefficient (Wildman–Crippen LogP) is 0.990. The summed E-state index contributed by atoms with van der Waals surface area (Å²) in [5, 5.41) is 10.4. The summed E-state index contributed by atoms with van der Waals surface area (Å²) in [6.07, 6.45) is 0.970. The third kappa shape index (κ3) is 4.45. The second kappa shape index (κ2) is 6.12. The van der Waals surface area contributed by atoms with Crippen molar-refractivity contribution in [3.8, 4) is 0 Å². The van der Waals surface area contributed by atoms with Gasteiger partial charge in [-0.2, -0.15) is 4.39 Å². The van der Waals surface area contributed by atoms with Gasteiger partial charge in [0, 0.05) is 19.8 Å². The Morgan fingerprint density at radius 2 is 1.90 bits per heavy atom. The molecule has 0 aliphatic carbocycles. The van der Waals surface area contributed by atoms with Gasteiger partial charge >= 0.3 is 5.69 Å². The SMILES string of the molecule is CN(CCS(C)(=O)=O)C(=O)c1cc(F)c([N+](=O)[O-])cc1F. The largest absolute Gasteiger partial charge is 0.341 e.